The fourth-order valence-electron chi connectivity index (χ4n) is 1.93. The van der Waals surface area contributed by atoms with Crippen LogP contribution < -0.4 is 0 Å². The molecule has 0 aromatic carbocycles. The minimum atomic E-state index is -0.830. The van der Waals surface area contributed by atoms with E-state index in [1.807, 2.05) is 25.2 Å². The first-order valence-corrected chi connectivity index (χ1v) is 5.99. The lowest BCUT2D eigenvalue weighted by Gasteiger charge is -2.25. The van der Waals surface area contributed by atoms with Crippen LogP contribution in [0.5, 0.6) is 0 Å². The molecule has 0 aromatic heterocycles. The number of hydrogen-bond acceptors (Lipinski definition) is 5. The fourth-order valence-corrected chi connectivity index (χ4v) is 1.93. The Balaban J connectivity index is 2.11. The molecule has 1 unspecified atom stereocenters. The minimum Gasteiger partial charge on any atom is -0.498 e. The summed E-state index contributed by atoms with van der Waals surface area (Å²) in [5, 5.41) is 0. The van der Waals surface area contributed by atoms with Gasteiger partial charge in [-0.2, -0.15) is 0 Å². The van der Waals surface area contributed by atoms with Gasteiger partial charge in [0.05, 0.1) is 18.9 Å². The van der Waals surface area contributed by atoms with Crippen LogP contribution in [0.1, 0.15) is 13.3 Å². The summed E-state index contributed by atoms with van der Waals surface area (Å²) in [7, 11) is 0.846. The first-order chi connectivity index (χ1) is 8.60. The molecule has 1 aliphatic heterocycles. The number of carbonyl (C=O) groups excluding carboxylic acids is 2. The van der Waals surface area contributed by atoms with E-state index >= 15 is 0 Å². The predicted octanol–water partition coefficient (Wildman–Crippen LogP) is 0.783. The van der Waals surface area contributed by atoms with Gasteiger partial charge in [0.2, 0.25) is 0 Å². The highest BCUT2D eigenvalue weighted by atomic mass is 16.6. The lowest BCUT2D eigenvalue weighted by atomic mass is 9.69. The van der Waals surface area contributed by atoms with Crippen LogP contribution >= 0.6 is 0 Å². The predicted molar refractivity (Wildman–Crippen MR) is 66.7 cm³/mol. The van der Waals surface area contributed by atoms with E-state index in [4.69, 9.17) is 9.31 Å². The van der Waals surface area contributed by atoms with E-state index in [1.165, 1.54) is 0 Å². The SMILES string of the molecule is CC=CC(B1OC(=O)CN(C)CC(=O)O1)C1=CC1. The number of hydrogen-bond donors (Lipinski definition) is 0. The molecule has 0 amide bonds. The molecular formula is C12H16BNO4. The molecule has 96 valence electrons. The highest BCUT2D eigenvalue weighted by molar-refractivity contribution is 6.52. The molecule has 1 aliphatic carbocycles. The Labute approximate surface area is 107 Å². The highest BCUT2D eigenvalue weighted by Crippen LogP contribution is 2.36. The van der Waals surface area contributed by atoms with Gasteiger partial charge in [0, 0.05) is 0 Å². The van der Waals surface area contributed by atoms with Crippen molar-refractivity contribution in [2.75, 3.05) is 20.1 Å². The number of nitrogens with zero attached hydrogens (tertiary/aromatic N) is 1. The summed E-state index contributed by atoms with van der Waals surface area (Å²) in [5.41, 5.74) is 1.15. The van der Waals surface area contributed by atoms with Crippen molar-refractivity contribution in [2.45, 2.75) is 19.2 Å². The van der Waals surface area contributed by atoms with Crippen molar-refractivity contribution in [1.82, 2.24) is 4.90 Å². The molecule has 18 heavy (non-hydrogen) atoms. The number of likely N-dealkylation sites (N-methyl/N-ethyl adjacent to an activating group) is 1. The molecule has 0 radical (unpaired) electrons. The zero-order valence-electron chi connectivity index (χ0n) is 10.6. The van der Waals surface area contributed by atoms with Crippen LogP contribution in [0.15, 0.2) is 23.8 Å². The second-order valence-electron chi connectivity index (χ2n) is 4.56. The average molecular weight is 249 g/mol. The summed E-state index contributed by atoms with van der Waals surface area (Å²) in [4.78, 5) is 24.8. The molecular weight excluding hydrogens is 233 g/mol. The molecule has 1 heterocycles. The monoisotopic (exact) mass is 249 g/mol. The normalized spacial score (nSPS) is 23.0. The quantitative estimate of drug-likeness (QED) is 0.546. The van der Waals surface area contributed by atoms with Gasteiger partial charge in [-0.15, -0.1) is 0 Å². The fraction of sp³-hybridized carbons (Fsp3) is 0.500. The largest absolute Gasteiger partial charge is 0.610 e. The van der Waals surface area contributed by atoms with Gasteiger partial charge < -0.3 is 9.31 Å². The van der Waals surface area contributed by atoms with Gasteiger partial charge in [-0.05, 0) is 20.4 Å². The summed E-state index contributed by atoms with van der Waals surface area (Å²) in [6.45, 7) is 2.09. The van der Waals surface area contributed by atoms with Gasteiger partial charge in [-0.25, -0.2) is 0 Å². The first kappa shape index (κ1) is 12.9. The van der Waals surface area contributed by atoms with Gasteiger partial charge in [0.15, 0.2) is 0 Å². The van der Waals surface area contributed by atoms with E-state index in [2.05, 4.69) is 0 Å². The summed E-state index contributed by atoms with van der Waals surface area (Å²) >= 11 is 0. The maximum atomic E-state index is 11.6. The van der Waals surface area contributed by atoms with Crippen LogP contribution in [-0.2, 0) is 18.9 Å². The van der Waals surface area contributed by atoms with E-state index in [9.17, 15) is 9.59 Å². The molecule has 6 heteroatoms. The molecule has 1 saturated heterocycles. The first-order valence-electron chi connectivity index (χ1n) is 5.99. The van der Waals surface area contributed by atoms with Crippen LogP contribution in [0.4, 0.5) is 0 Å². The van der Waals surface area contributed by atoms with Crippen LogP contribution in [-0.4, -0.2) is 44.1 Å². The third kappa shape index (κ3) is 3.23. The third-order valence-corrected chi connectivity index (χ3v) is 2.85. The molecule has 1 atom stereocenters. The Kier molecular flexibility index (Phi) is 3.86. The van der Waals surface area contributed by atoms with Crippen molar-refractivity contribution in [1.29, 1.82) is 0 Å². The molecule has 0 spiro atoms. The van der Waals surface area contributed by atoms with Crippen molar-refractivity contribution in [3.05, 3.63) is 23.8 Å². The second kappa shape index (κ2) is 5.39. The Morgan fingerprint density at radius 3 is 2.33 bits per heavy atom. The summed E-state index contributed by atoms with van der Waals surface area (Å²) in [6, 6.07) is 0. The van der Waals surface area contributed by atoms with Crippen LogP contribution in [0.3, 0.4) is 0 Å². The summed E-state index contributed by atoms with van der Waals surface area (Å²) in [6.07, 6.45) is 6.70. The van der Waals surface area contributed by atoms with Gasteiger partial charge >= 0.3 is 19.1 Å². The van der Waals surface area contributed by atoms with E-state index in [0.717, 1.165) is 12.0 Å². The van der Waals surface area contributed by atoms with Crippen molar-refractivity contribution < 1.29 is 18.9 Å². The molecule has 2 aliphatic rings. The Morgan fingerprint density at radius 2 is 1.89 bits per heavy atom. The van der Waals surface area contributed by atoms with Crippen molar-refractivity contribution >= 4 is 19.1 Å². The average Bonchev–Trinajstić information content (AvgIpc) is 3.06. The number of rotatable bonds is 3. The Bertz CT molecular complexity index is 398. The number of allylic oxidation sites excluding steroid dienone is 4. The lowest BCUT2D eigenvalue weighted by molar-refractivity contribution is -0.145. The maximum absolute atomic E-state index is 11.6. The number of carbonyl (C=O) groups is 2. The molecule has 5 nitrogen and oxygen atoms in total. The van der Waals surface area contributed by atoms with Gasteiger partial charge in [0.25, 0.3) is 0 Å². The lowest BCUT2D eigenvalue weighted by Crippen LogP contribution is -2.44. The Morgan fingerprint density at radius 1 is 1.33 bits per heavy atom. The van der Waals surface area contributed by atoms with Crippen LogP contribution in [0.25, 0.3) is 0 Å². The van der Waals surface area contributed by atoms with Gasteiger partial charge in [-0.1, -0.05) is 23.8 Å². The topological polar surface area (TPSA) is 55.8 Å². The highest BCUT2D eigenvalue weighted by Gasteiger charge is 2.41. The van der Waals surface area contributed by atoms with Crippen molar-refractivity contribution in [2.24, 2.45) is 0 Å². The van der Waals surface area contributed by atoms with Crippen molar-refractivity contribution in [3.63, 3.8) is 0 Å². The molecule has 0 saturated carbocycles. The smallest absolute Gasteiger partial charge is 0.498 e. The molecule has 0 aromatic rings. The van der Waals surface area contributed by atoms with Crippen molar-refractivity contribution in [3.8, 4) is 0 Å². The summed E-state index contributed by atoms with van der Waals surface area (Å²) in [5.74, 6) is -0.886. The molecule has 0 bridgehead atoms. The Hall–Kier alpha value is -1.56. The van der Waals surface area contributed by atoms with E-state index < -0.39 is 7.12 Å². The van der Waals surface area contributed by atoms with E-state index in [0.29, 0.717) is 0 Å². The zero-order chi connectivity index (χ0) is 13.1. The van der Waals surface area contributed by atoms with Crippen LogP contribution in [0, 0.1) is 0 Å². The zero-order valence-corrected chi connectivity index (χ0v) is 10.6. The van der Waals surface area contributed by atoms with Gasteiger partial charge in [-0.3, -0.25) is 14.5 Å². The van der Waals surface area contributed by atoms with Crippen LogP contribution in [0.2, 0.25) is 5.82 Å². The van der Waals surface area contributed by atoms with E-state index in [-0.39, 0.29) is 30.8 Å². The third-order valence-electron chi connectivity index (χ3n) is 2.85. The maximum Gasteiger partial charge on any atom is 0.610 e. The molecule has 0 N–H and O–H groups in total. The molecule has 1 fully saturated rings. The van der Waals surface area contributed by atoms with Gasteiger partial charge in [0.1, 0.15) is 0 Å². The second-order valence-corrected chi connectivity index (χ2v) is 4.56. The molecule has 2 rings (SSSR count). The van der Waals surface area contributed by atoms with E-state index in [1.54, 1.807) is 11.9 Å². The minimum absolute atomic E-state index is 0.104. The standard InChI is InChI=1S/C12H16BNO4/c1-3-4-10(9-5-6-9)13-17-11(15)7-14(2)8-12(16)18-13/h3-5,10H,6-8H2,1-2H3. The summed E-state index contributed by atoms with van der Waals surface area (Å²) < 4.78 is 10.5.